The lowest BCUT2D eigenvalue weighted by Crippen LogP contribution is -2.02. The van der Waals surface area contributed by atoms with Crippen molar-refractivity contribution in [2.75, 3.05) is 6.54 Å². The molecule has 1 heterocycles. The van der Waals surface area contributed by atoms with Gasteiger partial charge >= 0.3 is 0 Å². The molecule has 0 aliphatic heterocycles. The third-order valence-corrected chi connectivity index (χ3v) is 1.93. The molecule has 2 N–H and O–H groups in total. The highest BCUT2D eigenvalue weighted by molar-refractivity contribution is 6.31. The van der Waals surface area contributed by atoms with E-state index in [1.165, 1.54) is 12.3 Å². The highest BCUT2D eigenvalue weighted by atomic mass is 35.5. The van der Waals surface area contributed by atoms with Crippen LogP contribution in [-0.2, 0) is 6.42 Å². The van der Waals surface area contributed by atoms with Crippen LogP contribution in [0, 0.1) is 5.82 Å². The van der Waals surface area contributed by atoms with Gasteiger partial charge in [0, 0.05) is 6.20 Å². The summed E-state index contributed by atoms with van der Waals surface area (Å²) < 4.78 is 12.8. The molecule has 66 valence electrons. The van der Waals surface area contributed by atoms with E-state index in [4.69, 9.17) is 17.3 Å². The van der Waals surface area contributed by atoms with Crippen molar-refractivity contribution in [1.82, 2.24) is 4.98 Å². The fourth-order valence-electron chi connectivity index (χ4n) is 0.904. The Bertz CT molecular complexity index is 265. The minimum atomic E-state index is -0.418. The zero-order valence-electron chi connectivity index (χ0n) is 6.56. The lowest BCUT2D eigenvalue weighted by molar-refractivity contribution is 0.621. The number of pyridine rings is 1. The molecule has 0 aromatic carbocycles. The largest absolute Gasteiger partial charge is 0.330 e. The Kier molecular flexibility index (Phi) is 3.44. The van der Waals surface area contributed by atoms with Gasteiger partial charge in [-0.1, -0.05) is 11.6 Å². The average Bonchev–Trinajstić information content (AvgIpc) is 2.08. The van der Waals surface area contributed by atoms with Gasteiger partial charge in [-0.2, -0.15) is 0 Å². The predicted octanol–water partition coefficient (Wildman–Crippen LogP) is 1.77. The lowest BCUT2D eigenvalue weighted by atomic mass is 10.2. The van der Waals surface area contributed by atoms with E-state index in [0.717, 1.165) is 6.42 Å². The van der Waals surface area contributed by atoms with Gasteiger partial charge in [-0.25, -0.2) is 4.39 Å². The van der Waals surface area contributed by atoms with Crippen LogP contribution in [0.5, 0.6) is 0 Å². The Labute approximate surface area is 75.6 Å². The van der Waals surface area contributed by atoms with Crippen molar-refractivity contribution in [2.45, 2.75) is 12.8 Å². The molecule has 0 radical (unpaired) electrons. The van der Waals surface area contributed by atoms with Crippen LogP contribution in [0.2, 0.25) is 5.02 Å². The van der Waals surface area contributed by atoms with E-state index in [0.29, 0.717) is 18.7 Å². The first-order valence-electron chi connectivity index (χ1n) is 3.74. The number of hydrogen-bond donors (Lipinski definition) is 1. The summed E-state index contributed by atoms with van der Waals surface area (Å²) in [6.07, 6.45) is 2.82. The quantitative estimate of drug-likeness (QED) is 0.785. The summed E-state index contributed by atoms with van der Waals surface area (Å²) in [6, 6.07) is 1.24. The minimum Gasteiger partial charge on any atom is -0.330 e. The van der Waals surface area contributed by atoms with Gasteiger partial charge in [-0.3, -0.25) is 4.98 Å². The minimum absolute atomic E-state index is 0.117. The first kappa shape index (κ1) is 9.42. The molecule has 1 rings (SSSR count). The van der Waals surface area contributed by atoms with Crippen molar-refractivity contribution in [1.29, 1.82) is 0 Å². The second-order valence-corrected chi connectivity index (χ2v) is 2.82. The second kappa shape index (κ2) is 4.38. The standard InChI is InChI=1S/C8H10ClFN2/c9-8-6(10)3-5-12-7(8)2-1-4-11/h3,5H,1-2,4,11H2. The summed E-state index contributed by atoms with van der Waals surface area (Å²) in [5.41, 5.74) is 5.89. The normalized spacial score (nSPS) is 10.2. The first-order valence-corrected chi connectivity index (χ1v) is 4.12. The highest BCUT2D eigenvalue weighted by Crippen LogP contribution is 2.18. The van der Waals surface area contributed by atoms with Crippen molar-refractivity contribution in [3.05, 3.63) is 28.8 Å². The third-order valence-electron chi connectivity index (χ3n) is 1.53. The summed E-state index contributed by atoms with van der Waals surface area (Å²) in [6.45, 7) is 0.564. The van der Waals surface area contributed by atoms with E-state index in [9.17, 15) is 4.39 Å². The third kappa shape index (κ3) is 2.16. The number of rotatable bonds is 3. The van der Waals surface area contributed by atoms with Crippen LogP contribution >= 0.6 is 11.6 Å². The summed E-state index contributed by atoms with van der Waals surface area (Å²) >= 11 is 5.65. The van der Waals surface area contributed by atoms with Gasteiger partial charge in [-0.05, 0) is 25.5 Å². The molecule has 0 fully saturated rings. The Morgan fingerprint density at radius 1 is 1.58 bits per heavy atom. The van der Waals surface area contributed by atoms with Gasteiger partial charge in [0.1, 0.15) is 5.82 Å². The predicted molar refractivity (Wildman–Crippen MR) is 46.6 cm³/mol. The molecule has 0 aliphatic rings. The Morgan fingerprint density at radius 3 is 3.00 bits per heavy atom. The molecule has 0 spiro atoms. The van der Waals surface area contributed by atoms with Gasteiger partial charge in [0.25, 0.3) is 0 Å². The molecule has 2 nitrogen and oxygen atoms in total. The maximum Gasteiger partial charge on any atom is 0.145 e. The van der Waals surface area contributed by atoms with Crippen molar-refractivity contribution >= 4 is 11.6 Å². The van der Waals surface area contributed by atoms with Crippen molar-refractivity contribution < 1.29 is 4.39 Å². The maximum absolute atomic E-state index is 12.8. The van der Waals surface area contributed by atoms with Crippen LogP contribution in [0.4, 0.5) is 4.39 Å². The van der Waals surface area contributed by atoms with Crippen LogP contribution in [0.3, 0.4) is 0 Å². The maximum atomic E-state index is 12.8. The average molecular weight is 189 g/mol. The molecular weight excluding hydrogens is 179 g/mol. The zero-order valence-corrected chi connectivity index (χ0v) is 7.31. The number of hydrogen-bond acceptors (Lipinski definition) is 2. The van der Waals surface area contributed by atoms with E-state index in [1.54, 1.807) is 0 Å². The monoisotopic (exact) mass is 188 g/mol. The molecule has 0 bridgehead atoms. The van der Waals surface area contributed by atoms with Crippen molar-refractivity contribution in [3.8, 4) is 0 Å². The molecule has 0 aliphatic carbocycles. The fraction of sp³-hybridized carbons (Fsp3) is 0.375. The number of aryl methyl sites for hydroxylation is 1. The molecule has 12 heavy (non-hydrogen) atoms. The first-order chi connectivity index (χ1) is 5.75. The van der Waals surface area contributed by atoms with E-state index < -0.39 is 5.82 Å². The highest BCUT2D eigenvalue weighted by Gasteiger charge is 2.05. The van der Waals surface area contributed by atoms with E-state index >= 15 is 0 Å². The topological polar surface area (TPSA) is 38.9 Å². The van der Waals surface area contributed by atoms with Crippen LogP contribution in [-0.4, -0.2) is 11.5 Å². The summed E-state index contributed by atoms with van der Waals surface area (Å²) in [5.74, 6) is -0.418. The van der Waals surface area contributed by atoms with E-state index in [-0.39, 0.29) is 5.02 Å². The fourth-order valence-corrected chi connectivity index (χ4v) is 1.11. The van der Waals surface area contributed by atoms with Crippen molar-refractivity contribution in [3.63, 3.8) is 0 Å². The van der Waals surface area contributed by atoms with E-state index in [2.05, 4.69) is 4.98 Å². The SMILES string of the molecule is NCCCc1nccc(F)c1Cl. The van der Waals surface area contributed by atoms with Crippen LogP contribution in [0.1, 0.15) is 12.1 Å². The molecule has 0 atom stereocenters. The number of nitrogens with zero attached hydrogens (tertiary/aromatic N) is 1. The van der Waals surface area contributed by atoms with Gasteiger partial charge in [0.05, 0.1) is 10.7 Å². The molecule has 1 aromatic rings. The van der Waals surface area contributed by atoms with Crippen LogP contribution in [0.15, 0.2) is 12.3 Å². The Morgan fingerprint density at radius 2 is 2.33 bits per heavy atom. The van der Waals surface area contributed by atoms with E-state index in [1.807, 2.05) is 0 Å². The lowest BCUT2D eigenvalue weighted by Gasteiger charge is -2.01. The second-order valence-electron chi connectivity index (χ2n) is 2.45. The van der Waals surface area contributed by atoms with Gasteiger partial charge in [0.15, 0.2) is 0 Å². The Hall–Kier alpha value is -0.670. The summed E-state index contributed by atoms with van der Waals surface area (Å²) in [7, 11) is 0. The summed E-state index contributed by atoms with van der Waals surface area (Å²) in [4.78, 5) is 3.95. The molecule has 0 unspecified atom stereocenters. The van der Waals surface area contributed by atoms with Gasteiger partial charge < -0.3 is 5.73 Å². The molecule has 0 saturated heterocycles. The number of aromatic nitrogens is 1. The molecule has 0 amide bonds. The van der Waals surface area contributed by atoms with Gasteiger partial charge in [-0.15, -0.1) is 0 Å². The number of nitrogens with two attached hydrogens (primary N) is 1. The summed E-state index contributed by atoms with van der Waals surface area (Å²) in [5, 5.41) is 0.117. The van der Waals surface area contributed by atoms with Crippen molar-refractivity contribution in [2.24, 2.45) is 5.73 Å². The molecular formula is C8H10ClFN2. The smallest absolute Gasteiger partial charge is 0.145 e. The molecule has 4 heteroatoms. The molecule has 1 aromatic heterocycles. The Balaban J connectivity index is 2.78. The van der Waals surface area contributed by atoms with Crippen LogP contribution in [0.25, 0.3) is 0 Å². The van der Waals surface area contributed by atoms with Crippen LogP contribution < -0.4 is 5.73 Å². The zero-order chi connectivity index (χ0) is 8.97. The number of halogens is 2. The molecule has 0 saturated carbocycles. The van der Waals surface area contributed by atoms with Gasteiger partial charge in [0.2, 0.25) is 0 Å².